The molecule has 12 heteroatoms. The van der Waals surface area contributed by atoms with Crippen LogP contribution in [0, 0.1) is 0 Å². The molecule has 0 radical (unpaired) electrons. The summed E-state index contributed by atoms with van der Waals surface area (Å²) >= 11 is 0. The molecule has 162 valence electrons. The Morgan fingerprint density at radius 1 is 1.24 bits per heavy atom. The maximum atomic E-state index is 12.4. The summed E-state index contributed by atoms with van der Waals surface area (Å²) in [5.41, 5.74) is -0.0649. The third-order valence-electron chi connectivity index (χ3n) is 3.89. The minimum absolute atomic E-state index is 0.0600. The summed E-state index contributed by atoms with van der Waals surface area (Å²) < 4.78 is 29.9. The largest absolute Gasteiger partial charge is 0.359 e. The van der Waals surface area contributed by atoms with Gasteiger partial charge >= 0.3 is 7.60 Å². The maximum Gasteiger partial charge on any atom is 0.330 e. The van der Waals surface area contributed by atoms with E-state index in [1.807, 2.05) is 0 Å². The van der Waals surface area contributed by atoms with E-state index in [9.17, 15) is 14.2 Å². The van der Waals surface area contributed by atoms with Crippen LogP contribution in [-0.4, -0.2) is 51.6 Å². The molecule has 0 spiro atoms. The molecule has 0 aromatic carbocycles. The van der Waals surface area contributed by atoms with Crippen LogP contribution in [-0.2, 0) is 29.9 Å². The number of hydrogen-bond donors (Lipinski definition) is 2. The third kappa shape index (κ3) is 7.04. The number of fused-ring (bicyclic) bond motifs is 1. The predicted molar refractivity (Wildman–Crippen MR) is 108 cm³/mol. The lowest BCUT2D eigenvalue weighted by Gasteiger charge is -2.16. The molecular weight excluding hydrogens is 401 g/mol. The van der Waals surface area contributed by atoms with Gasteiger partial charge in [0.15, 0.2) is 5.65 Å². The first kappa shape index (κ1) is 23.2. The summed E-state index contributed by atoms with van der Waals surface area (Å²) in [5, 5.41) is 6.86. The smallest absolute Gasteiger partial charge is 0.330 e. The zero-order valence-electron chi connectivity index (χ0n) is 17.0. The van der Waals surface area contributed by atoms with Crippen molar-refractivity contribution in [1.82, 2.24) is 19.7 Å². The molecule has 0 saturated heterocycles. The number of H-pyrrole nitrogens is 1. The number of carbonyl (C=O) groups is 1. The molecule has 0 fully saturated rings. The summed E-state index contributed by atoms with van der Waals surface area (Å²) in [6.07, 6.45) is 4.08. The minimum Gasteiger partial charge on any atom is -0.359 e. The van der Waals surface area contributed by atoms with Crippen LogP contribution in [0.5, 0.6) is 0 Å². The van der Waals surface area contributed by atoms with Gasteiger partial charge in [0, 0.05) is 13.5 Å². The number of ether oxygens (including phenoxy) is 1. The zero-order chi connectivity index (χ0) is 21.3. The van der Waals surface area contributed by atoms with Crippen molar-refractivity contribution >= 4 is 30.5 Å². The van der Waals surface area contributed by atoms with E-state index >= 15 is 0 Å². The second-order valence-electron chi connectivity index (χ2n) is 6.25. The van der Waals surface area contributed by atoms with Crippen LogP contribution >= 0.6 is 7.60 Å². The van der Waals surface area contributed by atoms with Crippen molar-refractivity contribution < 1.29 is 23.1 Å². The van der Waals surface area contributed by atoms with E-state index in [4.69, 9.17) is 13.8 Å². The molecule has 0 bridgehead atoms. The van der Waals surface area contributed by atoms with Gasteiger partial charge in [-0.05, 0) is 26.7 Å². The van der Waals surface area contributed by atoms with Crippen LogP contribution < -0.4 is 10.9 Å². The van der Waals surface area contributed by atoms with Gasteiger partial charge in [-0.25, -0.2) is 4.68 Å². The van der Waals surface area contributed by atoms with Gasteiger partial charge in [-0.3, -0.25) is 24.5 Å². The first-order valence-corrected chi connectivity index (χ1v) is 11.3. The number of unbranched alkanes of at least 4 members (excludes halogenated alkanes) is 2. The van der Waals surface area contributed by atoms with Crippen molar-refractivity contribution in [3.63, 3.8) is 0 Å². The Morgan fingerprint density at radius 3 is 2.62 bits per heavy atom. The van der Waals surface area contributed by atoms with E-state index in [0.29, 0.717) is 43.4 Å². The fourth-order valence-corrected chi connectivity index (χ4v) is 4.41. The lowest BCUT2D eigenvalue weighted by molar-refractivity contribution is -0.114. The Kier molecular flexibility index (Phi) is 8.97. The number of amides is 1. The topological polar surface area (TPSA) is 137 Å². The third-order valence-corrected chi connectivity index (χ3v) is 6.05. The minimum atomic E-state index is -2.99. The number of rotatable bonds is 13. The maximum absolute atomic E-state index is 12.4. The number of hydrogen-bond acceptors (Lipinski definition) is 8. The SMILES string of the molecule is CCOP(=O)(CCCCCOCn1ncc2c(=O)[nH]c(NC(C)=O)nc21)OCC. The molecule has 0 saturated carbocycles. The molecular formula is C17H28N5O6P. The number of nitrogens with one attached hydrogen (secondary N) is 2. The summed E-state index contributed by atoms with van der Waals surface area (Å²) in [6.45, 7) is 6.22. The van der Waals surface area contributed by atoms with Crippen LogP contribution in [0.2, 0.25) is 0 Å². The first-order chi connectivity index (χ1) is 13.9. The Hall–Kier alpha value is -2.07. The predicted octanol–water partition coefficient (Wildman–Crippen LogP) is 2.49. The summed E-state index contributed by atoms with van der Waals surface area (Å²) in [4.78, 5) is 29.9. The van der Waals surface area contributed by atoms with Gasteiger partial charge in [0.05, 0.1) is 25.6 Å². The lowest BCUT2D eigenvalue weighted by atomic mass is 10.3. The summed E-state index contributed by atoms with van der Waals surface area (Å²) in [5.74, 6) is -0.280. The molecule has 11 nitrogen and oxygen atoms in total. The van der Waals surface area contributed by atoms with Gasteiger partial charge in [0.2, 0.25) is 11.9 Å². The molecule has 2 aromatic heterocycles. The van der Waals surface area contributed by atoms with E-state index in [1.165, 1.54) is 17.8 Å². The van der Waals surface area contributed by atoms with Crippen LogP contribution in [0.15, 0.2) is 11.0 Å². The molecule has 0 aliphatic heterocycles. The van der Waals surface area contributed by atoms with Gasteiger partial charge in [-0.2, -0.15) is 10.1 Å². The number of aromatic amines is 1. The quantitative estimate of drug-likeness (QED) is 0.366. The van der Waals surface area contributed by atoms with Crippen molar-refractivity contribution in [2.45, 2.75) is 46.8 Å². The Labute approximate surface area is 168 Å². The van der Waals surface area contributed by atoms with Crippen molar-refractivity contribution in [3.05, 3.63) is 16.6 Å². The standard InChI is InChI=1S/C17H28N5O6P/c1-4-27-29(25,28-5-2)10-8-6-7-9-26-12-22-15-14(11-18-22)16(24)21-17(20-15)19-13(3)23/h11H,4-10,12H2,1-3H3,(H2,19,20,21,23,24). The molecule has 2 aromatic rings. The van der Waals surface area contributed by atoms with Gasteiger partial charge in [-0.15, -0.1) is 0 Å². The molecule has 2 N–H and O–H groups in total. The first-order valence-electron chi connectivity index (χ1n) is 9.58. The van der Waals surface area contributed by atoms with Crippen LogP contribution in [0.1, 0.15) is 40.0 Å². The van der Waals surface area contributed by atoms with Crippen molar-refractivity contribution in [3.8, 4) is 0 Å². The van der Waals surface area contributed by atoms with Gasteiger partial charge < -0.3 is 13.8 Å². The molecule has 29 heavy (non-hydrogen) atoms. The van der Waals surface area contributed by atoms with Crippen LogP contribution in [0.4, 0.5) is 5.95 Å². The van der Waals surface area contributed by atoms with Crippen molar-refractivity contribution in [2.24, 2.45) is 0 Å². The zero-order valence-corrected chi connectivity index (χ0v) is 17.9. The van der Waals surface area contributed by atoms with Crippen LogP contribution in [0.3, 0.4) is 0 Å². The van der Waals surface area contributed by atoms with E-state index in [1.54, 1.807) is 13.8 Å². The Morgan fingerprint density at radius 2 is 1.97 bits per heavy atom. The van der Waals surface area contributed by atoms with Crippen molar-refractivity contribution in [1.29, 1.82) is 0 Å². The molecule has 2 rings (SSSR count). The molecule has 0 aliphatic carbocycles. The fourth-order valence-electron chi connectivity index (χ4n) is 2.68. The van der Waals surface area contributed by atoms with Gasteiger partial charge in [0.25, 0.3) is 5.56 Å². The van der Waals surface area contributed by atoms with Gasteiger partial charge in [-0.1, -0.05) is 6.42 Å². The number of aromatic nitrogens is 4. The van der Waals surface area contributed by atoms with E-state index in [2.05, 4.69) is 20.4 Å². The second-order valence-corrected chi connectivity index (χ2v) is 8.43. The monoisotopic (exact) mass is 429 g/mol. The highest BCUT2D eigenvalue weighted by atomic mass is 31.2. The lowest BCUT2D eigenvalue weighted by Crippen LogP contribution is -2.16. The van der Waals surface area contributed by atoms with Crippen LogP contribution in [0.25, 0.3) is 11.0 Å². The summed E-state index contributed by atoms with van der Waals surface area (Å²) in [7, 11) is -2.99. The fraction of sp³-hybridized carbons (Fsp3) is 0.647. The van der Waals surface area contributed by atoms with E-state index in [0.717, 1.165) is 12.8 Å². The van der Waals surface area contributed by atoms with E-state index in [-0.39, 0.29) is 18.6 Å². The molecule has 0 atom stereocenters. The van der Waals surface area contributed by atoms with E-state index < -0.39 is 13.2 Å². The van der Waals surface area contributed by atoms with Gasteiger partial charge in [0.1, 0.15) is 12.1 Å². The highest BCUT2D eigenvalue weighted by Crippen LogP contribution is 2.48. The summed E-state index contributed by atoms with van der Waals surface area (Å²) in [6, 6.07) is 0. The van der Waals surface area contributed by atoms with Crippen molar-refractivity contribution in [2.75, 3.05) is 31.3 Å². The Balaban J connectivity index is 1.80. The molecule has 0 unspecified atom stereocenters. The molecule has 0 aliphatic rings. The normalized spacial score (nSPS) is 11.8. The Bertz CT molecular complexity index is 901. The average molecular weight is 429 g/mol. The number of nitrogens with zero attached hydrogens (tertiary/aromatic N) is 3. The number of anilines is 1. The average Bonchev–Trinajstić information content (AvgIpc) is 3.04. The molecule has 2 heterocycles. The highest BCUT2D eigenvalue weighted by Gasteiger charge is 2.22. The second kappa shape index (κ2) is 11.2. The molecule has 1 amide bonds. The number of carbonyl (C=O) groups excluding carboxylic acids is 1. The highest BCUT2D eigenvalue weighted by molar-refractivity contribution is 7.53.